The van der Waals surface area contributed by atoms with Gasteiger partial charge in [-0.15, -0.1) is 0 Å². The highest BCUT2D eigenvalue weighted by Crippen LogP contribution is 2.15. The molecule has 366 valence electrons. The highest BCUT2D eigenvalue weighted by Gasteiger charge is 2.35. The predicted octanol–water partition coefficient (Wildman–Crippen LogP) is -0.363. The zero-order valence-electron chi connectivity index (χ0n) is 40.5. The molecule has 0 rings (SSSR count). The van der Waals surface area contributed by atoms with E-state index in [1.807, 2.05) is 40.9 Å². The first-order chi connectivity index (χ1) is 29.7. The normalized spacial score (nSPS) is 15.0. The minimum Gasteiger partial charge on any atom is -0.368 e. The molecule has 0 radical (unpaired) electrons. The van der Waals surface area contributed by atoms with Gasteiger partial charge in [-0.1, -0.05) is 82.1 Å². The number of carbonyl (C=O) groups excluding carboxylic acids is 10. The van der Waals surface area contributed by atoms with Crippen molar-refractivity contribution < 1.29 is 47.9 Å². The van der Waals surface area contributed by atoms with Crippen LogP contribution in [0.2, 0.25) is 0 Å². The monoisotopic (exact) mass is 927 g/mol. The molecule has 0 aliphatic rings. The van der Waals surface area contributed by atoms with Crippen LogP contribution in [-0.4, -0.2) is 151 Å². The van der Waals surface area contributed by atoms with Crippen molar-refractivity contribution in [3.63, 3.8) is 0 Å². The quantitative estimate of drug-likeness (QED) is 0.0480. The average molecular weight is 927 g/mol. The number of hydrogen-bond donors (Lipinski definition) is 8. The summed E-state index contributed by atoms with van der Waals surface area (Å²) in [7, 11) is 2.76. The molecule has 8 atom stereocenters. The molecule has 64 heavy (non-hydrogen) atoms. The number of carbonyl (C=O) groups is 10. The van der Waals surface area contributed by atoms with Crippen molar-refractivity contribution in [3.05, 3.63) is 0 Å². The number of likely N-dealkylation sites (N-methyl/N-ethyl adjacent to an activating group) is 2. The van der Waals surface area contributed by atoms with E-state index in [1.165, 1.54) is 32.8 Å². The molecular weight excluding hydrogens is 849 g/mol. The van der Waals surface area contributed by atoms with Crippen LogP contribution in [-0.2, 0) is 47.9 Å². The summed E-state index contributed by atoms with van der Waals surface area (Å²) in [6.07, 6.45) is 3.30. The molecule has 0 aromatic rings. The van der Waals surface area contributed by atoms with E-state index in [0.717, 1.165) is 9.80 Å². The molecular formula is C43H78N10O10S. The van der Waals surface area contributed by atoms with Crippen molar-refractivity contribution in [1.29, 1.82) is 0 Å². The molecule has 9 N–H and O–H groups in total. The van der Waals surface area contributed by atoms with Gasteiger partial charge in [-0.2, -0.15) is 11.8 Å². The fourth-order valence-corrected chi connectivity index (χ4v) is 6.85. The van der Waals surface area contributed by atoms with Crippen molar-refractivity contribution in [2.24, 2.45) is 35.3 Å². The van der Waals surface area contributed by atoms with Gasteiger partial charge in [0.05, 0.1) is 19.6 Å². The second-order valence-electron chi connectivity index (χ2n) is 17.6. The van der Waals surface area contributed by atoms with Gasteiger partial charge in [0.1, 0.15) is 36.3 Å². The summed E-state index contributed by atoms with van der Waals surface area (Å²) in [5.74, 6) is -6.97. The molecule has 10 amide bonds. The van der Waals surface area contributed by atoms with E-state index >= 15 is 0 Å². The highest BCUT2D eigenvalue weighted by atomic mass is 32.2. The van der Waals surface area contributed by atoms with Crippen LogP contribution in [0.15, 0.2) is 0 Å². The number of hydrogen-bond acceptors (Lipinski definition) is 11. The fourth-order valence-electron chi connectivity index (χ4n) is 6.38. The Bertz CT molecular complexity index is 1610. The lowest BCUT2D eigenvalue weighted by atomic mass is 9.94. The molecule has 0 aliphatic heterocycles. The standard InChI is InChI=1S/C43H78N10O10S/c1-15-26(9)36(46-28(11)54)42(62)51-37(27(10)16-2)43(63)53(13)22-31(55)47-30(19-23(3)4)40(60)48-29(17-18-64-14)39(59)50-35(25(7)8)41(61)45-20-33(57)52(12)21-32(56)49-34(24(5)6)38(44)58/h23-27,29-30,34-37H,15-22H2,1-14H3,(H2,44,58)(H,45,61)(H,46,54)(H,47,55)(H,48,60)(H,49,56)(H,50,59)(H,51,62)/t26-,27-,29-,30-,34-,35-,36-,37-/m0/s1. The van der Waals surface area contributed by atoms with Crippen LogP contribution in [0.25, 0.3) is 0 Å². The van der Waals surface area contributed by atoms with Crippen LogP contribution in [0.4, 0.5) is 0 Å². The van der Waals surface area contributed by atoms with E-state index in [1.54, 1.807) is 34.6 Å². The first-order valence-electron chi connectivity index (χ1n) is 22.0. The first-order valence-corrected chi connectivity index (χ1v) is 23.4. The molecule has 0 unspecified atom stereocenters. The van der Waals surface area contributed by atoms with Gasteiger partial charge in [0, 0.05) is 21.0 Å². The number of nitrogens with zero attached hydrogens (tertiary/aromatic N) is 2. The van der Waals surface area contributed by atoms with Crippen LogP contribution < -0.4 is 43.0 Å². The highest BCUT2D eigenvalue weighted by molar-refractivity contribution is 7.98. The van der Waals surface area contributed by atoms with E-state index < -0.39 is 115 Å². The Morgan fingerprint density at radius 2 is 1.08 bits per heavy atom. The third-order valence-corrected chi connectivity index (χ3v) is 11.4. The van der Waals surface area contributed by atoms with Gasteiger partial charge in [-0.25, -0.2) is 0 Å². The van der Waals surface area contributed by atoms with Crippen molar-refractivity contribution >= 4 is 70.8 Å². The van der Waals surface area contributed by atoms with Crippen LogP contribution in [0.3, 0.4) is 0 Å². The third-order valence-electron chi connectivity index (χ3n) is 10.7. The summed E-state index contributed by atoms with van der Waals surface area (Å²) in [6, 6.07) is -6.16. The van der Waals surface area contributed by atoms with Gasteiger partial charge in [0.2, 0.25) is 59.1 Å². The lowest BCUT2D eigenvalue weighted by Crippen LogP contribution is -2.59. The number of amides is 10. The smallest absolute Gasteiger partial charge is 0.245 e. The van der Waals surface area contributed by atoms with Gasteiger partial charge in [0.25, 0.3) is 0 Å². The van der Waals surface area contributed by atoms with Crippen LogP contribution in [0.1, 0.15) is 102 Å². The van der Waals surface area contributed by atoms with E-state index in [-0.39, 0.29) is 42.4 Å². The van der Waals surface area contributed by atoms with Gasteiger partial charge >= 0.3 is 0 Å². The summed E-state index contributed by atoms with van der Waals surface area (Å²) in [4.78, 5) is 133. The van der Waals surface area contributed by atoms with E-state index in [2.05, 4.69) is 37.2 Å². The molecule has 20 nitrogen and oxygen atoms in total. The summed E-state index contributed by atoms with van der Waals surface area (Å²) in [5.41, 5.74) is 5.36. The maximum absolute atomic E-state index is 13.8. The zero-order chi connectivity index (χ0) is 49.6. The molecule has 0 saturated carbocycles. The van der Waals surface area contributed by atoms with Gasteiger partial charge in [-0.3, -0.25) is 47.9 Å². The van der Waals surface area contributed by atoms with Crippen LogP contribution in [0, 0.1) is 29.6 Å². The number of rotatable bonds is 29. The molecule has 0 aromatic carbocycles. The van der Waals surface area contributed by atoms with Gasteiger partial charge in [0.15, 0.2) is 0 Å². The number of primary amides is 1. The second kappa shape index (κ2) is 29.5. The molecule has 0 bridgehead atoms. The predicted molar refractivity (Wildman–Crippen MR) is 246 cm³/mol. The van der Waals surface area contributed by atoms with Crippen molar-refractivity contribution in [2.75, 3.05) is 45.7 Å². The third kappa shape index (κ3) is 21.2. The van der Waals surface area contributed by atoms with Crippen molar-refractivity contribution in [2.45, 2.75) is 138 Å². The summed E-state index contributed by atoms with van der Waals surface area (Å²) < 4.78 is 0. The lowest BCUT2D eigenvalue weighted by Gasteiger charge is -2.31. The summed E-state index contributed by atoms with van der Waals surface area (Å²) >= 11 is 1.43. The molecule has 21 heteroatoms. The first kappa shape index (κ1) is 59.0. The van der Waals surface area contributed by atoms with E-state index in [9.17, 15) is 47.9 Å². The molecule has 0 fully saturated rings. The number of thioether (sulfide) groups is 1. The molecule has 0 saturated heterocycles. The van der Waals surface area contributed by atoms with Crippen molar-refractivity contribution in [1.82, 2.24) is 47.0 Å². The summed E-state index contributed by atoms with van der Waals surface area (Å²) in [5, 5.41) is 18.6. The Balaban J connectivity index is 5.95. The largest absolute Gasteiger partial charge is 0.368 e. The van der Waals surface area contributed by atoms with Gasteiger partial charge in [-0.05, 0) is 54.4 Å². The Labute approximate surface area is 384 Å². The van der Waals surface area contributed by atoms with Crippen LogP contribution in [0.5, 0.6) is 0 Å². The zero-order valence-corrected chi connectivity index (χ0v) is 41.3. The summed E-state index contributed by atoms with van der Waals surface area (Å²) in [6.45, 7) is 17.8. The number of nitrogens with one attached hydrogen (secondary N) is 7. The molecule has 0 aliphatic carbocycles. The maximum atomic E-state index is 13.8. The van der Waals surface area contributed by atoms with Crippen LogP contribution >= 0.6 is 11.8 Å². The van der Waals surface area contributed by atoms with Gasteiger partial charge < -0.3 is 52.8 Å². The van der Waals surface area contributed by atoms with E-state index in [0.29, 0.717) is 18.6 Å². The van der Waals surface area contributed by atoms with E-state index in [4.69, 9.17) is 5.73 Å². The fraction of sp³-hybridized carbons (Fsp3) is 0.767. The topological polar surface area (TPSA) is 287 Å². The maximum Gasteiger partial charge on any atom is 0.245 e. The molecule has 0 aromatic heterocycles. The Hall–Kier alpha value is -4.95. The minimum absolute atomic E-state index is 0.0850. The Morgan fingerprint density at radius 1 is 0.578 bits per heavy atom. The Morgan fingerprint density at radius 3 is 1.56 bits per heavy atom. The Kier molecular flexibility index (Phi) is 27.2. The number of nitrogens with two attached hydrogens (primary N) is 1. The molecule has 0 spiro atoms. The molecule has 0 heterocycles. The average Bonchev–Trinajstić information content (AvgIpc) is 3.21. The minimum atomic E-state index is -1.13. The second-order valence-corrected chi connectivity index (χ2v) is 18.6. The SMILES string of the molecule is CC[C@H](C)[C@H](NC(C)=O)C(=O)N[C@H](C(=O)N(C)CC(=O)N[C@@H](CC(C)C)C(=O)N[C@@H](CCSC)C(=O)N[C@H](C(=O)NCC(=O)N(C)CC(=O)N[C@H](C(N)=O)C(C)C)C(C)C)[C@@H](C)CC. The van der Waals surface area contributed by atoms with Crippen molar-refractivity contribution in [3.8, 4) is 0 Å². The lowest BCUT2D eigenvalue weighted by molar-refractivity contribution is -0.141.